The molecule has 4 nitrogen and oxygen atoms in total. The normalized spacial score (nSPS) is 10.0. The van der Waals surface area contributed by atoms with Crippen LogP contribution in [0.3, 0.4) is 0 Å². The summed E-state index contributed by atoms with van der Waals surface area (Å²) < 4.78 is 0. The molecule has 0 heterocycles. The van der Waals surface area contributed by atoms with E-state index in [1.165, 1.54) is 0 Å². The number of hydrogen-bond acceptors (Lipinski definition) is 2. The number of rotatable bonds is 7. The van der Waals surface area contributed by atoms with Crippen LogP contribution in [0.25, 0.3) is 0 Å². The van der Waals surface area contributed by atoms with Crippen LogP contribution in [0.5, 0.6) is 0 Å². The second-order valence-electron chi connectivity index (χ2n) is 4.22. The van der Waals surface area contributed by atoms with Gasteiger partial charge in [-0.2, -0.15) is 0 Å². The van der Waals surface area contributed by atoms with Gasteiger partial charge >= 0.3 is 0 Å². The lowest BCUT2D eigenvalue weighted by molar-refractivity contribution is -0.120. The van der Waals surface area contributed by atoms with Gasteiger partial charge in [0.15, 0.2) is 0 Å². The number of amides is 2. The molecule has 2 amide bonds. The minimum atomic E-state index is -0.339. The van der Waals surface area contributed by atoms with Crippen LogP contribution in [0.15, 0.2) is 24.3 Å². The molecule has 0 aliphatic rings. The highest BCUT2D eigenvalue weighted by Gasteiger charge is 2.10. The van der Waals surface area contributed by atoms with Crippen LogP contribution in [0, 0.1) is 0 Å². The third-order valence-electron chi connectivity index (χ3n) is 2.63. The lowest BCUT2D eigenvalue weighted by atomic mass is 10.2. The number of nitrogens with one attached hydrogen (secondary N) is 2. The molecular weight excluding hydrogens is 264 g/mol. The average Bonchev–Trinajstić information content (AvgIpc) is 2.41. The van der Waals surface area contributed by atoms with E-state index in [0.717, 1.165) is 19.3 Å². The van der Waals surface area contributed by atoms with Crippen molar-refractivity contribution >= 4 is 23.4 Å². The highest BCUT2D eigenvalue weighted by atomic mass is 35.5. The SMILES string of the molecule is CCCCCNC(=O)CNC(=O)c1ccccc1Cl. The number of benzene rings is 1. The van der Waals surface area contributed by atoms with Crippen LogP contribution >= 0.6 is 11.6 Å². The van der Waals surface area contributed by atoms with Gasteiger partial charge in [0.2, 0.25) is 5.91 Å². The van der Waals surface area contributed by atoms with Gasteiger partial charge in [0.05, 0.1) is 17.1 Å². The topological polar surface area (TPSA) is 58.2 Å². The van der Waals surface area contributed by atoms with Crippen LogP contribution in [-0.2, 0) is 4.79 Å². The number of carbonyl (C=O) groups is 2. The van der Waals surface area contributed by atoms with E-state index in [1.54, 1.807) is 24.3 Å². The summed E-state index contributed by atoms with van der Waals surface area (Å²) in [6.07, 6.45) is 3.16. The molecule has 2 N–H and O–H groups in total. The second kappa shape index (κ2) is 8.53. The van der Waals surface area contributed by atoms with E-state index in [-0.39, 0.29) is 18.4 Å². The maximum atomic E-state index is 11.8. The standard InChI is InChI=1S/C14H19ClN2O2/c1-2-3-6-9-16-13(18)10-17-14(19)11-7-4-5-8-12(11)15/h4-5,7-8H,2-3,6,9-10H2,1H3,(H,16,18)(H,17,19). The molecule has 0 radical (unpaired) electrons. The Morgan fingerprint density at radius 1 is 1.16 bits per heavy atom. The summed E-state index contributed by atoms with van der Waals surface area (Å²) in [5.41, 5.74) is 0.378. The van der Waals surface area contributed by atoms with Gasteiger partial charge in [0.25, 0.3) is 5.91 Å². The molecule has 0 bridgehead atoms. The molecule has 0 fully saturated rings. The maximum absolute atomic E-state index is 11.8. The molecule has 0 saturated carbocycles. The van der Waals surface area contributed by atoms with Crippen LogP contribution in [0.2, 0.25) is 5.02 Å². The smallest absolute Gasteiger partial charge is 0.253 e. The van der Waals surface area contributed by atoms with Crippen LogP contribution in [-0.4, -0.2) is 24.9 Å². The number of unbranched alkanes of at least 4 members (excludes halogenated alkanes) is 2. The van der Waals surface area contributed by atoms with E-state index < -0.39 is 0 Å². The zero-order chi connectivity index (χ0) is 14.1. The lowest BCUT2D eigenvalue weighted by Crippen LogP contribution is -2.37. The summed E-state index contributed by atoms with van der Waals surface area (Å²) in [6.45, 7) is 2.72. The Morgan fingerprint density at radius 2 is 1.89 bits per heavy atom. The number of carbonyl (C=O) groups excluding carboxylic acids is 2. The largest absolute Gasteiger partial charge is 0.355 e. The molecule has 0 spiro atoms. The van der Waals surface area contributed by atoms with Crippen LogP contribution < -0.4 is 10.6 Å². The maximum Gasteiger partial charge on any atom is 0.253 e. The monoisotopic (exact) mass is 282 g/mol. The fourth-order valence-electron chi connectivity index (χ4n) is 1.57. The van der Waals surface area contributed by atoms with Gasteiger partial charge in [-0.15, -0.1) is 0 Å². The van der Waals surface area contributed by atoms with Gasteiger partial charge in [0, 0.05) is 6.54 Å². The summed E-state index contributed by atoms with van der Waals surface area (Å²) in [5.74, 6) is -0.522. The van der Waals surface area contributed by atoms with Gasteiger partial charge in [-0.25, -0.2) is 0 Å². The fraction of sp³-hybridized carbons (Fsp3) is 0.429. The minimum absolute atomic E-state index is 0.0316. The summed E-state index contributed by atoms with van der Waals surface area (Å²) in [5, 5.41) is 5.68. The van der Waals surface area contributed by atoms with Crippen LogP contribution in [0.4, 0.5) is 0 Å². The second-order valence-corrected chi connectivity index (χ2v) is 4.63. The molecule has 1 aromatic rings. The van der Waals surface area contributed by atoms with E-state index in [4.69, 9.17) is 11.6 Å². The predicted molar refractivity (Wildman–Crippen MR) is 76.3 cm³/mol. The average molecular weight is 283 g/mol. The van der Waals surface area contributed by atoms with Crippen molar-refractivity contribution in [2.75, 3.05) is 13.1 Å². The first-order valence-electron chi connectivity index (χ1n) is 6.44. The molecule has 5 heteroatoms. The first kappa shape index (κ1) is 15.5. The summed E-state index contributed by atoms with van der Waals surface area (Å²) in [7, 11) is 0. The van der Waals surface area contributed by atoms with Crippen molar-refractivity contribution in [3.8, 4) is 0 Å². The lowest BCUT2D eigenvalue weighted by Gasteiger charge is -2.07. The summed E-state index contributed by atoms with van der Waals surface area (Å²) in [4.78, 5) is 23.2. The van der Waals surface area contributed by atoms with E-state index in [1.807, 2.05) is 0 Å². The zero-order valence-corrected chi connectivity index (χ0v) is 11.8. The Bertz CT molecular complexity index is 435. The number of halogens is 1. The Kier molecular flexibility index (Phi) is 6.97. The zero-order valence-electron chi connectivity index (χ0n) is 11.0. The van der Waals surface area contributed by atoms with Crippen molar-refractivity contribution in [3.63, 3.8) is 0 Å². The minimum Gasteiger partial charge on any atom is -0.355 e. The van der Waals surface area contributed by atoms with Gasteiger partial charge in [-0.3, -0.25) is 9.59 Å². The van der Waals surface area contributed by atoms with E-state index in [2.05, 4.69) is 17.6 Å². The first-order valence-corrected chi connectivity index (χ1v) is 6.82. The molecule has 19 heavy (non-hydrogen) atoms. The Balaban J connectivity index is 2.30. The highest BCUT2D eigenvalue weighted by Crippen LogP contribution is 2.14. The molecule has 104 valence electrons. The molecule has 1 rings (SSSR count). The molecule has 0 aliphatic heterocycles. The third-order valence-corrected chi connectivity index (χ3v) is 2.96. The third kappa shape index (κ3) is 5.75. The van der Waals surface area contributed by atoms with Crippen molar-refractivity contribution in [1.82, 2.24) is 10.6 Å². The van der Waals surface area contributed by atoms with E-state index in [0.29, 0.717) is 17.1 Å². The quantitative estimate of drug-likeness (QED) is 0.755. The fourth-order valence-corrected chi connectivity index (χ4v) is 1.79. The Morgan fingerprint density at radius 3 is 2.58 bits per heavy atom. The molecule has 0 atom stereocenters. The van der Waals surface area contributed by atoms with Crippen LogP contribution in [0.1, 0.15) is 36.5 Å². The van der Waals surface area contributed by atoms with E-state index in [9.17, 15) is 9.59 Å². The molecule has 0 saturated heterocycles. The molecule has 0 aromatic heterocycles. The van der Waals surface area contributed by atoms with E-state index >= 15 is 0 Å². The van der Waals surface area contributed by atoms with Gasteiger partial charge in [-0.05, 0) is 18.6 Å². The Hall–Kier alpha value is -1.55. The van der Waals surface area contributed by atoms with Crippen molar-refractivity contribution in [2.45, 2.75) is 26.2 Å². The summed E-state index contributed by atoms with van der Waals surface area (Å²) >= 11 is 5.89. The Labute approximate surface area is 118 Å². The predicted octanol–water partition coefficient (Wildman–Crippen LogP) is 2.38. The van der Waals surface area contributed by atoms with Gasteiger partial charge in [-0.1, -0.05) is 43.5 Å². The van der Waals surface area contributed by atoms with Crippen molar-refractivity contribution in [3.05, 3.63) is 34.9 Å². The van der Waals surface area contributed by atoms with Crippen molar-refractivity contribution in [2.24, 2.45) is 0 Å². The molecular formula is C14H19ClN2O2. The number of hydrogen-bond donors (Lipinski definition) is 2. The molecule has 0 unspecified atom stereocenters. The van der Waals surface area contributed by atoms with Gasteiger partial charge < -0.3 is 10.6 Å². The molecule has 1 aromatic carbocycles. The van der Waals surface area contributed by atoms with Gasteiger partial charge in [0.1, 0.15) is 0 Å². The summed E-state index contributed by atoms with van der Waals surface area (Å²) in [6, 6.07) is 6.74. The van der Waals surface area contributed by atoms with Crippen molar-refractivity contribution in [1.29, 1.82) is 0 Å². The van der Waals surface area contributed by atoms with Crippen molar-refractivity contribution < 1.29 is 9.59 Å². The highest BCUT2D eigenvalue weighted by molar-refractivity contribution is 6.33. The molecule has 0 aliphatic carbocycles. The first-order chi connectivity index (χ1) is 9.15.